The number of aryl methyl sites for hydroxylation is 1. The number of fused-ring (bicyclic) bond motifs is 3. The Morgan fingerprint density at radius 2 is 1.78 bits per heavy atom. The highest BCUT2D eigenvalue weighted by Gasteiger charge is 2.28. The normalized spacial score (nSPS) is 17.7. The average Bonchev–Trinajstić information content (AvgIpc) is 2.82. The van der Waals surface area contributed by atoms with E-state index in [-0.39, 0.29) is 11.7 Å². The van der Waals surface area contributed by atoms with Crippen molar-refractivity contribution >= 4 is 12.2 Å². The molecule has 3 aromatic rings. The Balaban J connectivity index is 1.47. The smallest absolute Gasteiger partial charge is 0.146 e. The van der Waals surface area contributed by atoms with Crippen molar-refractivity contribution in [1.29, 1.82) is 0 Å². The van der Waals surface area contributed by atoms with Gasteiger partial charge in [0.15, 0.2) is 0 Å². The maximum absolute atomic E-state index is 6.55. The van der Waals surface area contributed by atoms with Crippen LogP contribution >= 0.6 is 0 Å². The van der Waals surface area contributed by atoms with Crippen LogP contribution in [-0.2, 0) is 13.0 Å². The molecule has 0 N–H and O–H groups in total. The van der Waals surface area contributed by atoms with Crippen LogP contribution in [0.15, 0.2) is 72.8 Å². The molecule has 0 spiro atoms. The molecule has 0 aliphatic carbocycles. The van der Waals surface area contributed by atoms with Crippen molar-refractivity contribution in [1.82, 2.24) is 0 Å². The summed E-state index contributed by atoms with van der Waals surface area (Å²) in [6.45, 7) is 6.79. The van der Waals surface area contributed by atoms with Crippen LogP contribution in [0.5, 0.6) is 17.2 Å². The van der Waals surface area contributed by atoms with E-state index in [9.17, 15) is 0 Å². The summed E-state index contributed by atoms with van der Waals surface area (Å²) in [5.74, 6) is 2.58. The van der Waals surface area contributed by atoms with Gasteiger partial charge in [-0.15, -0.1) is 0 Å². The van der Waals surface area contributed by atoms with Gasteiger partial charge in [-0.3, -0.25) is 0 Å². The van der Waals surface area contributed by atoms with E-state index in [1.807, 2.05) is 24.3 Å². The van der Waals surface area contributed by atoms with Crippen LogP contribution < -0.4 is 14.2 Å². The zero-order chi connectivity index (χ0) is 22.1. The predicted octanol–water partition coefficient (Wildman–Crippen LogP) is 7.16. The fourth-order valence-corrected chi connectivity index (χ4v) is 4.13. The minimum absolute atomic E-state index is 0.228. The third kappa shape index (κ3) is 4.03. The summed E-state index contributed by atoms with van der Waals surface area (Å²) in [6.07, 6.45) is 9.15. The summed E-state index contributed by atoms with van der Waals surface area (Å²) >= 11 is 0. The van der Waals surface area contributed by atoms with Crippen molar-refractivity contribution in [3.05, 3.63) is 101 Å². The summed E-state index contributed by atoms with van der Waals surface area (Å²) < 4.78 is 19.0. The first-order chi connectivity index (χ1) is 15.5. The maximum atomic E-state index is 6.55. The van der Waals surface area contributed by atoms with Gasteiger partial charge in [0.2, 0.25) is 0 Å². The molecule has 0 amide bonds. The monoisotopic (exact) mass is 424 g/mol. The Labute approximate surface area is 190 Å². The average molecular weight is 425 g/mol. The van der Waals surface area contributed by atoms with Crippen molar-refractivity contribution in [2.45, 2.75) is 45.5 Å². The first-order valence-electron chi connectivity index (χ1n) is 11.2. The zero-order valence-electron chi connectivity index (χ0n) is 18.8. The van der Waals surface area contributed by atoms with Gasteiger partial charge in [-0.2, -0.15) is 0 Å². The lowest BCUT2D eigenvalue weighted by Gasteiger charge is -2.31. The number of hydrogen-bond donors (Lipinski definition) is 0. The molecule has 3 nitrogen and oxygen atoms in total. The molecular formula is C29H28O3. The summed E-state index contributed by atoms with van der Waals surface area (Å²) in [7, 11) is 0. The topological polar surface area (TPSA) is 27.7 Å². The van der Waals surface area contributed by atoms with Gasteiger partial charge >= 0.3 is 0 Å². The minimum Gasteiger partial charge on any atom is -0.488 e. The SMILES string of the molecule is CCc1ccc(C2C=Cc3ccc4c(c3O2)C=CC(C)(C)O4)c(OCc2ccccc2)c1. The molecule has 0 saturated heterocycles. The Morgan fingerprint density at radius 3 is 2.59 bits per heavy atom. The molecule has 0 bridgehead atoms. The predicted molar refractivity (Wildman–Crippen MR) is 129 cm³/mol. The second-order valence-electron chi connectivity index (χ2n) is 8.83. The summed E-state index contributed by atoms with van der Waals surface area (Å²) in [4.78, 5) is 0. The first kappa shape index (κ1) is 20.4. The Bertz CT molecular complexity index is 1190. The Kier molecular flexibility index (Phi) is 5.26. The molecule has 0 saturated carbocycles. The van der Waals surface area contributed by atoms with Crippen molar-refractivity contribution < 1.29 is 14.2 Å². The first-order valence-corrected chi connectivity index (χ1v) is 11.2. The maximum Gasteiger partial charge on any atom is 0.146 e. The lowest BCUT2D eigenvalue weighted by atomic mass is 9.96. The molecule has 2 aliphatic heterocycles. The molecule has 0 aromatic heterocycles. The fourth-order valence-electron chi connectivity index (χ4n) is 4.13. The van der Waals surface area contributed by atoms with E-state index in [2.05, 4.69) is 81.5 Å². The van der Waals surface area contributed by atoms with Crippen LogP contribution in [0.1, 0.15) is 54.7 Å². The third-order valence-electron chi connectivity index (χ3n) is 5.94. The van der Waals surface area contributed by atoms with Crippen LogP contribution in [0.2, 0.25) is 0 Å². The molecule has 1 unspecified atom stereocenters. The zero-order valence-corrected chi connectivity index (χ0v) is 18.8. The highest BCUT2D eigenvalue weighted by Crippen LogP contribution is 2.44. The quantitative estimate of drug-likeness (QED) is 0.435. The van der Waals surface area contributed by atoms with Crippen LogP contribution in [0.25, 0.3) is 12.2 Å². The van der Waals surface area contributed by atoms with Crippen molar-refractivity contribution in [3.63, 3.8) is 0 Å². The number of hydrogen-bond acceptors (Lipinski definition) is 3. The lowest BCUT2D eigenvalue weighted by Crippen LogP contribution is -2.27. The van der Waals surface area contributed by atoms with E-state index < -0.39 is 0 Å². The molecule has 32 heavy (non-hydrogen) atoms. The lowest BCUT2D eigenvalue weighted by molar-refractivity contribution is 0.157. The molecule has 0 radical (unpaired) electrons. The molecule has 3 heteroatoms. The van der Waals surface area contributed by atoms with E-state index in [0.29, 0.717) is 6.61 Å². The second kappa shape index (κ2) is 8.23. The summed E-state index contributed by atoms with van der Waals surface area (Å²) in [5, 5.41) is 0. The standard InChI is InChI=1S/C29H28O3/c1-4-20-10-13-23(27(18-20)30-19-21-8-6-5-7-9-21)25-14-11-22-12-15-26-24(28(22)31-25)16-17-29(2,3)32-26/h5-18,25H,4,19H2,1-3H3. The molecule has 3 aromatic carbocycles. The van der Waals surface area contributed by atoms with Gasteiger partial charge in [0.25, 0.3) is 0 Å². The van der Waals surface area contributed by atoms with Gasteiger partial charge < -0.3 is 14.2 Å². The highest BCUT2D eigenvalue weighted by atomic mass is 16.5. The summed E-state index contributed by atoms with van der Waals surface area (Å²) in [5.41, 5.74) is 5.15. The van der Waals surface area contributed by atoms with E-state index in [0.717, 1.165) is 45.9 Å². The minimum atomic E-state index is -0.320. The molecule has 1 atom stereocenters. The van der Waals surface area contributed by atoms with Crippen LogP contribution in [-0.4, -0.2) is 5.60 Å². The fraction of sp³-hybridized carbons (Fsp3) is 0.241. The Morgan fingerprint density at radius 1 is 0.938 bits per heavy atom. The van der Waals surface area contributed by atoms with Gasteiger partial charge in [0, 0.05) is 11.1 Å². The largest absolute Gasteiger partial charge is 0.488 e. The number of benzene rings is 3. The summed E-state index contributed by atoms with van der Waals surface area (Å²) in [6, 6.07) is 20.8. The van der Waals surface area contributed by atoms with E-state index >= 15 is 0 Å². The molecule has 5 rings (SSSR count). The van der Waals surface area contributed by atoms with E-state index in [4.69, 9.17) is 14.2 Å². The van der Waals surface area contributed by atoms with E-state index in [1.165, 1.54) is 5.56 Å². The van der Waals surface area contributed by atoms with Crippen molar-refractivity contribution in [2.75, 3.05) is 0 Å². The van der Waals surface area contributed by atoms with Gasteiger partial charge in [-0.1, -0.05) is 55.5 Å². The second-order valence-corrected chi connectivity index (χ2v) is 8.83. The van der Waals surface area contributed by atoms with Crippen LogP contribution in [0.3, 0.4) is 0 Å². The molecule has 2 aliphatic rings. The van der Waals surface area contributed by atoms with Gasteiger partial charge in [-0.05, 0) is 67.8 Å². The van der Waals surface area contributed by atoms with Crippen LogP contribution in [0.4, 0.5) is 0 Å². The van der Waals surface area contributed by atoms with Gasteiger partial charge in [0.05, 0.1) is 5.56 Å². The molecule has 2 heterocycles. The third-order valence-corrected chi connectivity index (χ3v) is 5.94. The van der Waals surface area contributed by atoms with Crippen LogP contribution in [0, 0.1) is 0 Å². The number of rotatable bonds is 5. The number of ether oxygens (including phenoxy) is 3. The van der Waals surface area contributed by atoms with Crippen molar-refractivity contribution in [3.8, 4) is 17.2 Å². The van der Waals surface area contributed by atoms with Gasteiger partial charge in [-0.25, -0.2) is 0 Å². The highest BCUT2D eigenvalue weighted by molar-refractivity contribution is 5.75. The molecule has 0 fully saturated rings. The molecular weight excluding hydrogens is 396 g/mol. The Hall–Kier alpha value is -3.46. The molecule has 162 valence electrons. The van der Waals surface area contributed by atoms with Crippen molar-refractivity contribution in [2.24, 2.45) is 0 Å². The van der Waals surface area contributed by atoms with E-state index in [1.54, 1.807) is 0 Å². The van der Waals surface area contributed by atoms with Gasteiger partial charge in [0.1, 0.15) is 35.6 Å².